The Morgan fingerprint density at radius 3 is 2.33 bits per heavy atom. The summed E-state index contributed by atoms with van der Waals surface area (Å²) in [5.74, 6) is 0.810. The van der Waals surface area contributed by atoms with E-state index >= 15 is 0 Å². The zero-order valence-corrected chi connectivity index (χ0v) is 10.6. The van der Waals surface area contributed by atoms with Crippen LogP contribution in [-0.4, -0.2) is 24.4 Å². The van der Waals surface area contributed by atoms with Gasteiger partial charge in [-0.15, -0.1) is 0 Å². The highest BCUT2D eigenvalue weighted by Gasteiger charge is 2.06. The predicted molar refractivity (Wildman–Crippen MR) is 64.8 cm³/mol. The lowest BCUT2D eigenvalue weighted by atomic mass is 10.2. The summed E-state index contributed by atoms with van der Waals surface area (Å²) < 4.78 is 4.90. The highest BCUT2D eigenvalue weighted by atomic mass is 32.1. The molecule has 0 atom stereocenters. The van der Waals surface area contributed by atoms with E-state index in [2.05, 4.69) is 24.5 Å². The van der Waals surface area contributed by atoms with Crippen LogP contribution in [-0.2, 0) is 4.74 Å². The third-order valence-electron chi connectivity index (χ3n) is 1.43. The first-order valence-corrected chi connectivity index (χ1v) is 5.54. The molecular formula is C10H20N2O2S. The van der Waals surface area contributed by atoms with Crippen LogP contribution in [0, 0.1) is 11.8 Å². The number of carbonyl (C=O) groups excluding carboxylic acids is 1. The summed E-state index contributed by atoms with van der Waals surface area (Å²) in [4.78, 5) is 11.1. The number of ether oxygens (including phenoxy) is 1. The molecule has 0 fully saturated rings. The fourth-order valence-corrected chi connectivity index (χ4v) is 0.879. The molecule has 2 N–H and O–H groups in total. The molecule has 0 unspecified atom stereocenters. The molecule has 4 nitrogen and oxygen atoms in total. The molecule has 5 heteroatoms. The zero-order valence-electron chi connectivity index (χ0n) is 9.79. The summed E-state index contributed by atoms with van der Waals surface area (Å²) in [7, 11) is 0. The summed E-state index contributed by atoms with van der Waals surface area (Å²) in [6.45, 7) is 9.21. The Morgan fingerprint density at radius 2 is 1.87 bits per heavy atom. The summed E-state index contributed by atoms with van der Waals surface area (Å²) in [5.41, 5.74) is 0. The maximum absolute atomic E-state index is 11.1. The van der Waals surface area contributed by atoms with E-state index in [1.54, 1.807) is 0 Å². The van der Waals surface area contributed by atoms with Crippen molar-refractivity contribution < 1.29 is 9.53 Å². The van der Waals surface area contributed by atoms with Crippen LogP contribution in [0.3, 0.4) is 0 Å². The van der Waals surface area contributed by atoms with Crippen molar-refractivity contribution in [3.63, 3.8) is 0 Å². The third-order valence-corrected chi connectivity index (χ3v) is 1.68. The summed E-state index contributed by atoms with van der Waals surface area (Å²) in [6, 6.07) is 0. The first kappa shape index (κ1) is 14.2. The first-order valence-electron chi connectivity index (χ1n) is 5.13. The molecule has 0 spiro atoms. The minimum Gasteiger partial charge on any atom is -0.449 e. The molecular weight excluding hydrogens is 212 g/mol. The standard InChI is InChI=1S/C10H20N2O2S/c1-7(2)5-11-9(15)12-10(13)14-6-8(3)4/h7-8H,5-6H2,1-4H3,(H2,11,12,13,15). The van der Waals surface area contributed by atoms with Crippen LogP contribution in [0.2, 0.25) is 0 Å². The molecule has 0 saturated carbocycles. The van der Waals surface area contributed by atoms with Crippen molar-refractivity contribution in [1.82, 2.24) is 10.6 Å². The summed E-state index contributed by atoms with van der Waals surface area (Å²) >= 11 is 4.91. The SMILES string of the molecule is CC(C)CNC(=S)NC(=O)OCC(C)C. The molecule has 0 aliphatic heterocycles. The van der Waals surface area contributed by atoms with E-state index in [9.17, 15) is 4.79 Å². The Balaban J connectivity index is 3.63. The van der Waals surface area contributed by atoms with Crippen molar-refractivity contribution in [1.29, 1.82) is 0 Å². The number of thiocarbonyl (C=S) groups is 1. The predicted octanol–water partition coefficient (Wildman–Crippen LogP) is 1.90. The van der Waals surface area contributed by atoms with Crippen molar-refractivity contribution in [2.45, 2.75) is 27.7 Å². The lowest BCUT2D eigenvalue weighted by Gasteiger charge is -2.12. The lowest BCUT2D eigenvalue weighted by Crippen LogP contribution is -2.41. The number of amides is 1. The average molecular weight is 232 g/mol. The van der Waals surface area contributed by atoms with E-state index in [4.69, 9.17) is 17.0 Å². The Labute approximate surface area is 96.8 Å². The largest absolute Gasteiger partial charge is 0.449 e. The second kappa shape index (κ2) is 7.45. The van der Waals surface area contributed by atoms with Crippen LogP contribution < -0.4 is 10.6 Å². The van der Waals surface area contributed by atoms with Crippen molar-refractivity contribution in [3.8, 4) is 0 Å². The van der Waals surface area contributed by atoms with Crippen LogP contribution in [0.5, 0.6) is 0 Å². The molecule has 88 valence electrons. The molecule has 0 aromatic rings. The van der Waals surface area contributed by atoms with Gasteiger partial charge in [-0.2, -0.15) is 0 Å². The normalized spacial score (nSPS) is 10.3. The Bertz CT molecular complexity index is 195. The molecule has 15 heavy (non-hydrogen) atoms. The molecule has 0 aromatic carbocycles. The van der Waals surface area contributed by atoms with Crippen molar-refractivity contribution in [2.24, 2.45) is 11.8 Å². The minimum atomic E-state index is -0.495. The van der Waals surface area contributed by atoms with Crippen LogP contribution in [0.4, 0.5) is 4.79 Å². The molecule has 0 bridgehead atoms. The number of hydrogen-bond donors (Lipinski definition) is 2. The van der Waals surface area contributed by atoms with E-state index in [0.29, 0.717) is 23.6 Å². The second-order valence-corrected chi connectivity index (χ2v) is 4.63. The van der Waals surface area contributed by atoms with Gasteiger partial charge in [-0.05, 0) is 24.1 Å². The van der Waals surface area contributed by atoms with Gasteiger partial charge >= 0.3 is 6.09 Å². The number of rotatable bonds is 4. The van der Waals surface area contributed by atoms with Crippen LogP contribution >= 0.6 is 12.2 Å². The van der Waals surface area contributed by atoms with Gasteiger partial charge in [0.2, 0.25) is 0 Å². The van der Waals surface area contributed by atoms with E-state index in [1.807, 2.05) is 13.8 Å². The second-order valence-electron chi connectivity index (χ2n) is 4.22. The Hall–Kier alpha value is -0.840. The maximum Gasteiger partial charge on any atom is 0.413 e. The fraction of sp³-hybridized carbons (Fsp3) is 0.800. The Morgan fingerprint density at radius 1 is 1.27 bits per heavy atom. The molecule has 0 saturated heterocycles. The quantitative estimate of drug-likeness (QED) is 0.727. The van der Waals surface area contributed by atoms with Gasteiger partial charge in [0.25, 0.3) is 0 Å². The van der Waals surface area contributed by atoms with E-state index in [1.165, 1.54) is 0 Å². The smallest absolute Gasteiger partial charge is 0.413 e. The highest BCUT2D eigenvalue weighted by molar-refractivity contribution is 7.80. The summed E-state index contributed by atoms with van der Waals surface area (Å²) in [5, 5.41) is 5.69. The van der Waals surface area contributed by atoms with Crippen molar-refractivity contribution in [2.75, 3.05) is 13.2 Å². The van der Waals surface area contributed by atoms with Gasteiger partial charge in [0, 0.05) is 6.54 Å². The van der Waals surface area contributed by atoms with Gasteiger partial charge in [0.05, 0.1) is 6.61 Å². The Kier molecular flexibility index (Phi) is 7.03. The van der Waals surface area contributed by atoms with Gasteiger partial charge in [-0.25, -0.2) is 4.79 Å². The fourth-order valence-electron chi connectivity index (χ4n) is 0.712. The molecule has 0 aromatic heterocycles. The van der Waals surface area contributed by atoms with Crippen LogP contribution in [0.15, 0.2) is 0 Å². The molecule has 0 heterocycles. The lowest BCUT2D eigenvalue weighted by molar-refractivity contribution is 0.138. The van der Waals surface area contributed by atoms with Gasteiger partial charge in [0.15, 0.2) is 5.11 Å². The molecule has 0 aliphatic carbocycles. The highest BCUT2D eigenvalue weighted by Crippen LogP contribution is 1.92. The number of carbonyl (C=O) groups is 1. The number of alkyl carbamates (subject to hydrolysis) is 1. The average Bonchev–Trinajstić information content (AvgIpc) is 2.11. The van der Waals surface area contributed by atoms with Gasteiger partial charge in [0.1, 0.15) is 0 Å². The monoisotopic (exact) mass is 232 g/mol. The molecule has 1 amide bonds. The first-order chi connectivity index (χ1) is 6.91. The van der Waals surface area contributed by atoms with Gasteiger partial charge < -0.3 is 10.1 Å². The molecule has 0 aliphatic rings. The molecule has 0 radical (unpaired) electrons. The number of hydrogen-bond acceptors (Lipinski definition) is 3. The van der Waals surface area contributed by atoms with Gasteiger partial charge in [-0.1, -0.05) is 27.7 Å². The summed E-state index contributed by atoms with van der Waals surface area (Å²) in [6.07, 6.45) is -0.495. The van der Waals surface area contributed by atoms with Crippen LogP contribution in [0.25, 0.3) is 0 Å². The van der Waals surface area contributed by atoms with Crippen LogP contribution in [0.1, 0.15) is 27.7 Å². The third kappa shape index (κ3) is 9.46. The van der Waals surface area contributed by atoms with E-state index in [0.717, 1.165) is 6.54 Å². The van der Waals surface area contributed by atoms with E-state index in [-0.39, 0.29) is 0 Å². The van der Waals surface area contributed by atoms with E-state index < -0.39 is 6.09 Å². The van der Waals surface area contributed by atoms with Crippen molar-refractivity contribution in [3.05, 3.63) is 0 Å². The van der Waals surface area contributed by atoms with Gasteiger partial charge in [-0.3, -0.25) is 5.32 Å². The molecule has 0 rings (SSSR count). The number of nitrogens with one attached hydrogen (secondary N) is 2. The zero-order chi connectivity index (χ0) is 11.8. The topological polar surface area (TPSA) is 50.4 Å². The maximum atomic E-state index is 11.1. The minimum absolute atomic E-state index is 0.317. The van der Waals surface area contributed by atoms with Crippen molar-refractivity contribution >= 4 is 23.4 Å².